The molecule has 8 nitrogen and oxygen atoms in total. The third-order valence-electron chi connectivity index (χ3n) is 5.06. The fraction of sp³-hybridized carbons (Fsp3) is 0.348. The predicted octanol–water partition coefficient (Wildman–Crippen LogP) is 4.29. The van der Waals surface area contributed by atoms with Gasteiger partial charge < -0.3 is 22.8 Å². The topological polar surface area (TPSA) is 93.2 Å². The van der Waals surface area contributed by atoms with Crippen molar-refractivity contribution in [2.75, 3.05) is 23.7 Å². The van der Waals surface area contributed by atoms with Crippen molar-refractivity contribution in [2.45, 2.75) is 33.9 Å². The highest BCUT2D eigenvalue weighted by Crippen LogP contribution is 2.29. The molecule has 0 N–H and O–H groups in total. The van der Waals surface area contributed by atoms with Crippen LogP contribution >= 0.6 is 0 Å². The molecule has 0 spiro atoms. The molecule has 0 saturated carbocycles. The first kappa shape index (κ1) is 23.5. The molecule has 172 valence electrons. The molecular formula is C23H28N2O6S. The maximum Gasteiger partial charge on any atom is 0.308 e. The number of carbonyl (C=O) groups excluding carboxylic acids is 1. The molecule has 0 radical (unpaired) electrons. The molecule has 0 aliphatic carbocycles. The molecule has 1 amide bonds. The standard InChI is InChI=1S/C23H28N2O6S/c1-4-24(5-2)19-12-11-18(22(15-19)31-32(27,28)6-3)16-25(17-20-9-7-13-29-20)23(26)21-10-8-14-30-21/h7-15H,4-6,16-17H2,1-3H3. The second-order valence-electron chi connectivity index (χ2n) is 7.11. The fourth-order valence-corrected chi connectivity index (χ4v) is 3.83. The number of hydrogen-bond donors (Lipinski definition) is 0. The fourth-order valence-electron chi connectivity index (χ4n) is 3.28. The summed E-state index contributed by atoms with van der Waals surface area (Å²) in [5.41, 5.74) is 1.40. The number of carbonyl (C=O) groups is 1. The van der Waals surface area contributed by atoms with Crippen LogP contribution in [0.5, 0.6) is 5.75 Å². The second-order valence-corrected chi connectivity index (χ2v) is 8.97. The number of benzene rings is 1. The largest absolute Gasteiger partial charge is 0.467 e. The Balaban J connectivity index is 1.98. The molecule has 1 aromatic carbocycles. The summed E-state index contributed by atoms with van der Waals surface area (Å²) < 4.78 is 40.6. The molecule has 2 aromatic heterocycles. The van der Waals surface area contributed by atoms with Gasteiger partial charge in [-0.05, 0) is 51.1 Å². The molecule has 0 unspecified atom stereocenters. The third-order valence-corrected chi connectivity index (χ3v) is 6.20. The highest BCUT2D eigenvalue weighted by Gasteiger charge is 2.23. The van der Waals surface area contributed by atoms with E-state index in [0.29, 0.717) is 11.3 Å². The van der Waals surface area contributed by atoms with E-state index >= 15 is 0 Å². The summed E-state index contributed by atoms with van der Waals surface area (Å²) in [6, 6.07) is 12.1. The quantitative estimate of drug-likeness (QED) is 0.394. The smallest absolute Gasteiger partial charge is 0.308 e. The van der Waals surface area contributed by atoms with E-state index in [1.165, 1.54) is 24.3 Å². The Labute approximate surface area is 188 Å². The summed E-state index contributed by atoms with van der Waals surface area (Å²) in [4.78, 5) is 16.7. The minimum absolute atomic E-state index is 0.104. The van der Waals surface area contributed by atoms with E-state index < -0.39 is 10.1 Å². The molecule has 0 atom stereocenters. The van der Waals surface area contributed by atoms with Crippen LogP contribution in [-0.2, 0) is 23.2 Å². The summed E-state index contributed by atoms with van der Waals surface area (Å²) in [7, 11) is -3.76. The Kier molecular flexibility index (Phi) is 7.63. The first-order chi connectivity index (χ1) is 15.4. The zero-order chi connectivity index (χ0) is 23.1. The maximum atomic E-state index is 13.1. The van der Waals surface area contributed by atoms with Crippen LogP contribution in [0.2, 0.25) is 0 Å². The molecule has 0 aliphatic heterocycles. The van der Waals surface area contributed by atoms with Crippen LogP contribution in [0.4, 0.5) is 5.69 Å². The lowest BCUT2D eigenvalue weighted by molar-refractivity contribution is 0.0684. The Morgan fingerprint density at radius 3 is 2.28 bits per heavy atom. The van der Waals surface area contributed by atoms with Crippen LogP contribution in [0.1, 0.15) is 42.6 Å². The Hall–Kier alpha value is -3.20. The van der Waals surface area contributed by atoms with Crippen molar-refractivity contribution in [2.24, 2.45) is 0 Å². The van der Waals surface area contributed by atoms with E-state index in [0.717, 1.165) is 18.8 Å². The lowest BCUT2D eigenvalue weighted by Crippen LogP contribution is -2.30. The van der Waals surface area contributed by atoms with Crippen LogP contribution in [-0.4, -0.2) is 38.1 Å². The van der Waals surface area contributed by atoms with Gasteiger partial charge in [0.2, 0.25) is 0 Å². The Morgan fingerprint density at radius 2 is 1.69 bits per heavy atom. The van der Waals surface area contributed by atoms with Gasteiger partial charge in [0.05, 0.1) is 31.4 Å². The summed E-state index contributed by atoms with van der Waals surface area (Å²) >= 11 is 0. The van der Waals surface area contributed by atoms with Crippen molar-refractivity contribution in [1.82, 2.24) is 4.90 Å². The summed E-state index contributed by atoms with van der Waals surface area (Å²) in [5, 5.41) is 0. The van der Waals surface area contributed by atoms with Crippen molar-refractivity contribution >= 4 is 21.7 Å². The maximum absolute atomic E-state index is 13.1. The number of nitrogens with zero attached hydrogens (tertiary/aromatic N) is 2. The summed E-state index contributed by atoms with van der Waals surface area (Å²) in [6.07, 6.45) is 2.96. The van der Waals surface area contributed by atoms with E-state index in [4.69, 9.17) is 13.0 Å². The molecule has 0 bridgehead atoms. The van der Waals surface area contributed by atoms with Crippen LogP contribution < -0.4 is 9.08 Å². The van der Waals surface area contributed by atoms with Crippen LogP contribution in [0, 0.1) is 0 Å². The SMILES string of the molecule is CCN(CC)c1ccc(CN(Cc2ccco2)C(=O)c2ccco2)c(OS(=O)(=O)CC)c1. The van der Waals surface area contributed by atoms with E-state index in [2.05, 4.69) is 4.90 Å². The summed E-state index contributed by atoms with van der Waals surface area (Å²) in [5.74, 6) is 0.466. The summed E-state index contributed by atoms with van der Waals surface area (Å²) in [6.45, 7) is 7.38. The molecule has 0 aliphatic rings. The molecule has 2 heterocycles. The second kappa shape index (κ2) is 10.4. The molecule has 3 rings (SSSR count). The van der Waals surface area contributed by atoms with E-state index in [1.54, 1.807) is 36.4 Å². The lowest BCUT2D eigenvalue weighted by atomic mass is 10.1. The monoisotopic (exact) mass is 460 g/mol. The van der Waals surface area contributed by atoms with Crippen molar-refractivity contribution < 1.29 is 26.2 Å². The average molecular weight is 461 g/mol. The lowest BCUT2D eigenvalue weighted by Gasteiger charge is -2.25. The molecular weight excluding hydrogens is 432 g/mol. The van der Waals surface area contributed by atoms with Crippen LogP contribution in [0.3, 0.4) is 0 Å². The van der Waals surface area contributed by atoms with E-state index in [1.807, 2.05) is 19.9 Å². The van der Waals surface area contributed by atoms with Gasteiger partial charge in [0, 0.05) is 30.4 Å². The number of furan rings is 2. The van der Waals surface area contributed by atoms with Gasteiger partial charge >= 0.3 is 10.1 Å². The number of anilines is 1. The Morgan fingerprint density at radius 1 is 0.969 bits per heavy atom. The molecule has 9 heteroatoms. The molecule has 3 aromatic rings. The molecule has 32 heavy (non-hydrogen) atoms. The minimum Gasteiger partial charge on any atom is -0.467 e. The third kappa shape index (κ3) is 5.73. The molecule has 0 fully saturated rings. The van der Waals surface area contributed by atoms with Gasteiger partial charge in [-0.15, -0.1) is 0 Å². The van der Waals surface area contributed by atoms with E-state index in [9.17, 15) is 13.2 Å². The zero-order valence-electron chi connectivity index (χ0n) is 18.5. The predicted molar refractivity (Wildman–Crippen MR) is 121 cm³/mol. The zero-order valence-corrected chi connectivity index (χ0v) is 19.3. The molecule has 0 saturated heterocycles. The van der Waals surface area contributed by atoms with Crippen molar-refractivity contribution in [3.63, 3.8) is 0 Å². The Bertz CT molecular complexity index is 1100. The highest BCUT2D eigenvalue weighted by molar-refractivity contribution is 7.87. The van der Waals surface area contributed by atoms with Gasteiger partial charge in [-0.3, -0.25) is 4.79 Å². The first-order valence-corrected chi connectivity index (χ1v) is 12.1. The van der Waals surface area contributed by atoms with Gasteiger partial charge in [0.1, 0.15) is 11.5 Å². The van der Waals surface area contributed by atoms with Gasteiger partial charge in [-0.25, -0.2) is 0 Å². The normalized spacial score (nSPS) is 11.3. The van der Waals surface area contributed by atoms with Gasteiger partial charge in [-0.1, -0.05) is 6.07 Å². The van der Waals surface area contributed by atoms with Gasteiger partial charge in [0.25, 0.3) is 5.91 Å². The highest BCUT2D eigenvalue weighted by atomic mass is 32.2. The van der Waals surface area contributed by atoms with Crippen molar-refractivity contribution in [1.29, 1.82) is 0 Å². The number of hydrogen-bond acceptors (Lipinski definition) is 7. The van der Waals surface area contributed by atoms with Gasteiger partial charge in [-0.2, -0.15) is 8.42 Å². The van der Waals surface area contributed by atoms with E-state index in [-0.39, 0.29) is 36.3 Å². The minimum atomic E-state index is -3.76. The van der Waals surface area contributed by atoms with Crippen LogP contribution in [0.25, 0.3) is 0 Å². The van der Waals surface area contributed by atoms with Crippen LogP contribution in [0.15, 0.2) is 63.8 Å². The van der Waals surface area contributed by atoms with Crippen molar-refractivity contribution in [3.05, 3.63) is 72.1 Å². The first-order valence-electron chi connectivity index (χ1n) is 10.5. The van der Waals surface area contributed by atoms with Crippen molar-refractivity contribution in [3.8, 4) is 5.75 Å². The van der Waals surface area contributed by atoms with Gasteiger partial charge in [0.15, 0.2) is 5.76 Å². The average Bonchev–Trinajstić information content (AvgIpc) is 3.49. The number of rotatable bonds is 11. The number of amides is 1.